The lowest BCUT2D eigenvalue weighted by Crippen LogP contribution is -2.07. The van der Waals surface area contributed by atoms with E-state index < -0.39 is 0 Å². The van der Waals surface area contributed by atoms with Crippen molar-refractivity contribution < 1.29 is 0 Å². The fourth-order valence-corrected chi connectivity index (χ4v) is 3.30. The molecule has 0 saturated carbocycles. The van der Waals surface area contributed by atoms with Crippen LogP contribution in [0.3, 0.4) is 0 Å². The summed E-state index contributed by atoms with van der Waals surface area (Å²) in [4.78, 5) is 0. The monoisotopic (exact) mass is 305 g/mol. The van der Waals surface area contributed by atoms with Gasteiger partial charge in [0.1, 0.15) is 0 Å². The van der Waals surface area contributed by atoms with E-state index in [1.54, 1.807) is 0 Å². The first-order chi connectivity index (χ1) is 9.63. The van der Waals surface area contributed by atoms with Crippen molar-refractivity contribution in [3.8, 4) is 0 Å². The van der Waals surface area contributed by atoms with Crippen LogP contribution in [0.4, 0.5) is 5.69 Å². The predicted octanol–water partition coefficient (Wildman–Crippen LogP) is 5.66. The Morgan fingerprint density at radius 2 is 1.80 bits per heavy atom. The van der Waals surface area contributed by atoms with E-state index in [1.807, 2.05) is 18.2 Å². The van der Waals surface area contributed by atoms with Crippen LogP contribution in [0, 0.1) is 0 Å². The van der Waals surface area contributed by atoms with Gasteiger partial charge in [0.25, 0.3) is 0 Å². The van der Waals surface area contributed by atoms with Crippen LogP contribution in [0.15, 0.2) is 36.4 Å². The summed E-state index contributed by atoms with van der Waals surface area (Å²) < 4.78 is 0. The minimum Gasteiger partial charge on any atom is -0.378 e. The van der Waals surface area contributed by atoms with Crippen molar-refractivity contribution in [2.24, 2.45) is 0 Å². The van der Waals surface area contributed by atoms with Crippen molar-refractivity contribution in [2.45, 2.75) is 32.2 Å². The fourth-order valence-electron chi connectivity index (χ4n) is 2.84. The number of fused-ring (bicyclic) bond motifs is 1. The molecule has 0 aliphatic heterocycles. The van der Waals surface area contributed by atoms with E-state index >= 15 is 0 Å². The quantitative estimate of drug-likeness (QED) is 0.772. The van der Waals surface area contributed by atoms with Gasteiger partial charge in [-0.3, -0.25) is 0 Å². The lowest BCUT2D eigenvalue weighted by Gasteiger charge is -2.18. The summed E-state index contributed by atoms with van der Waals surface area (Å²) in [5, 5.41) is 4.97. The molecule has 1 aliphatic rings. The Morgan fingerprint density at radius 3 is 2.65 bits per heavy atom. The van der Waals surface area contributed by atoms with Crippen LogP contribution >= 0.6 is 23.2 Å². The Labute approximate surface area is 129 Å². The molecule has 0 amide bonds. The van der Waals surface area contributed by atoms with Gasteiger partial charge in [0.2, 0.25) is 0 Å². The second-order valence-electron chi connectivity index (χ2n) is 5.37. The number of anilines is 1. The van der Waals surface area contributed by atoms with Crippen molar-refractivity contribution in [3.63, 3.8) is 0 Å². The minimum absolute atomic E-state index is 0.126. The number of rotatable bonds is 3. The molecule has 0 radical (unpaired) electrons. The Bertz CT molecular complexity index is 637. The second-order valence-corrected chi connectivity index (χ2v) is 6.21. The molecule has 1 nitrogen and oxygen atoms in total. The molecule has 104 valence electrons. The van der Waals surface area contributed by atoms with Gasteiger partial charge in [-0.1, -0.05) is 29.3 Å². The zero-order chi connectivity index (χ0) is 14.1. The van der Waals surface area contributed by atoms with Gasteiger partial charge in [-0.25, -0.2) is 0 Å². The van der Waals surface area contributed by atoms with Crippen LogP contribution in [0.25, 0.3) is 0 Å². The molecule has 1 N–H and O–H groups in total. The second kappa shape index (κ2) is 5.67. The average Bonchev–Trinajstić information content (AvgIpc) is 2.89. The molecule has 0 fully saturated rings. The molecule has 0 spiro atoms. The van der Waals surface area contributed by atoms with E-state index in [4.69, 9.17) is 23.2 Å². The van der Waals surface area contributed by atoms with Crippen molar-refractivity contribution in [1.29, 1.82) is 0 Å². The Kier molecular flexibility index (Phi) is 3.91. The first kappa shape index (κ1) is 13.8. The summed E-state index contributed by atoms with van der Waals surface area (Å²) in [7, 11) is 0. The standard InChI is InChI=1S/C17H17Cl2N/c1-11(16-10-14(18)6-8-17(16)19)20-15-7-5-12-3-2-4-13(12)9-15/h5-11,20H,2-4H2,1H3. The van der Waals surface area contributed by atoms with Crippen LogP contribution in [-0.2, 0) is 12.8 Å². The van der Waals surface area contributed by atoms with Gasteiger partial charge in [-0.05, 0) is 73.2 Å². The van der Waals surface area contributed by atoms with Gasteiger partial charge in [0, 0.05) is 15.7 Å². The third-order valence-electron chi connectivity index (χ3n) is 3.91. The third-order valence-corrected chi connectivity index (χ3v) is 4.49. The number of hydrogen-bond donors (Lipinski definition) is 1. The van der Waals surface area contributed by atoms with Gasteiger partial charge >= 0.3 is 0 Å². The van der Waals surface area contributed by atoms with Crippen LogP contribution < -0.4 is 5.32 Å². The van der Waals surface area contributed by atoms with Crippen LogP contribution in [0.2, 0.25) is 10.0 Å². The van der Waals surface area contributed by atoms with Crippen molar-refractivity contribution in [3.05, 3.63) is 63.1 Å². The van der Waals surface area contributed by atoms with Gasteiger partial charge in [0.05, 0.1) is 6.04 Å². The maximum atomic E-state index is 6.25. The zero-order valence-corrected chi connectivity index (χ0v) is 12.9. The van der Waals surface area contributed by atoms with Crippen LogP contribution in [-0.4, -0.2) is 0 Å². The average molecular weight is 306 g/mol. The highest BCUT2D eigenvalue weighted by atomic mass is 35.5. The third kappa shape index (κ3) is 2.79. The van der Waals surface area contributed by atoms with E-state index in [9.17, 15) is 0 Å². The number of halogens is 2. The molecule has 3 rings (SSSR count). The first-order valence-electron chi connectivity index (χ1n) is 6.97. The molecule has 1 unspecified atom stereocenters. The minimum atomic E-state index is 0.126. The molecule has 20 heavy (non-hydrogen) atoms. The smallest absolute Gasteiger partial charge is 0.0500 e. The Balaban J connectivity index is 1.82. The summed E-state index contributed by atoms with van der Waals surface area (Å²) in [5.74, 6) is 0. The molecule has 2 aromatic carbocycles. The molecular weight excluding hydrogens is 289 g/mol. The van der Waals surface area contributed by atoms with Crippen LogP contribution in [0.1, 0.15) is 36.1 Å². The predicted molar refractivity (Wildman–Crippen MR) is 87.0 cm³/mol. The van der Waals surface area contributed by atoms with E-state index in [1.165, 1.54) is 30.4 Å². The molecule has 2 aromatic rings. The fraction of sp³-hybridized carbons (Fsp3) is 0.294. The molecule has 1 atom stereocenters. The molecule has 0 bridgehead atoms. The number of hydrogen-bond acceptors (Lipinski definition) is 1. The van der Waals surface area contributed by atoms with E-state index in [2.05, 4.69) is 30.4 Å². The van der Waals surface area contributed by atoms with E-state index in [0.29, 0.717) is 5.02 Å². The Morgan fingerprint density at radius 1 is 1.00 bits per heavy atom. The normalized spacial score (nSPS) is 14.9. The number of aryl methyl sites for hydroxylation is 2. The molecule has 1 aliphatic carbocycles. The molecular formula is C17H17Cl2N. The molecule has 3 heteroatoms. The summed E-state index contributed by atoms with van der Waals surface area (Å²) in [6.07, 6.45) is 3.68. The highest BCUT2D eigenvalue weighted by molar-refractivity contribution is 6.33. The number of nitrogens with one attached hydrogen (secondary N) is 1. The van der Waals surface area contributed by atoms with Gasteiger partial charge < -0.3 is 5.32 Å². The lowest BCUT2D eigenvalue weighted by molar-refractivity contribution is 0.884. The van der Waals surface area contributed by atoms with E-state index in [0.717, 1.165) is 16.3 Å². The van der Waals surface area contributed by atoms with Crippen molar-refractivity contribution >= 4 is 28.9 Å². The van der Waals surface area contributed by atoms with Crippen molar-refractivity contribution in [2.75, 3.05) is 5.32 Å². The van der Waals surface area contributed by atoms with Gasteiger partial charge in [-0.2, -0.15) is 0 Å². The van der Waals surface area contributed by atoms with E-state index in [-0.39, 0.29) is 6.04 Å². The Hall–Kier alpha value is -1.18. The largest absolute Gasteiger partial charge is 0.378 e. The highest BCUT2D eigenvalue weighted by Gasteiger charge is 2.13. The molecule has 0 heterocycles. The SMILES string of the molecule is CC(Nc1ccc2c(c1)CCC2)c1cc(Cl)ccc1Cl. The summed E-state index contributed by atoms with van der Waals surface area (Å²) >= 11 is 12.3. The summed E-state index contributed by atoms with van der Waals surface area (Å²) in [6.45, 7) is 2.10. The summed E-state index contributed by atoms with van der Waals surface area (Å²) in [6, 6.07) is 12.4. The van der Waals surface area contributed by atoms with Gasteiger partial charge in [0.15, 0.2) is 0 Å². The maximum absolute atomic E-state index is 6.25. The topological polar surface area (TPSA) is 12.0 Å². The highest BCUT2D eigenvalue weighted by Crippen LogP contribution is 2.30. The van der Waals surface area contributed by atoms with Gasteiger partial charge in [-0.15, -0.1) is 0 Å². The van der Waals surface area contributed by atoms with Crippen LogP contribution in [0.5, 0.6) is 0 Å². The maximum Gasteiger partial charge on any atom is 0.0500 e. The number of benzene rings is 2. The first-order valence-corrected chi connectivity index (χ1v) is 7.72. The van der Waals surface area contributed by atoms with Crippen molar-refractivity contribution in [1.82, 2.24) is 0 Å². The summed E-state index contributed by atoms with van der Waals surface area (Å²) in [5.41, 5.74) is 5.14. The lowest BCUT2D eigenvalue weighted by atomic mass is 10.1. The molecule has 0 aromatic heterocycles. The zero-order valence-electron chi connectivity index (χ0n) is 11.4. The molecule has 0 saturated heterocycles.